The Hall–Kier alpha value is -2.86. The molecular weight excluding hydrogens is 392 g/mol. The minimum atomic E-state index is -0.402. The van der Waals surface area contributed by atoms with Gasteiger partial charge in [-0.2, -0.15) is 0 Å². The molecular formula is C25H30N2O4. The van der Waals surface area contributed by atoms with Gasteiger partial charge in [0.05, 0.1) is 7.11 Å². The van der Waals surface area contributed by atoms with E-state index in [2.05, 4.69) is 12.2 Å². The Morgan fingerprint density at radius 2 is 1.94 bits per heavy atom. The fourth-order valence-electron chi connectivity index (χ4n) is 4.06. The summed E-state index contributed by atoms with van der Waals surface area (Å²) in [7, 11) is 1.64. The Kier molecular flexibility index (Phi) is 6.56. The molecule has 2 fully saturated rings. The first-order chi connectivity index (χ1) is 15.0. The molecule has 1 aliphatic heterocycles. The lowest BCUT2D eigenvalue weighted by Gasteiger charge is -2.30. The summed E-state index contributed by atoms with van der Waals surface area (Å²) in [6, 6.07) is 15.2. The smallest absolute Gasteiger partial charge is 0.254 e. The first kappa shape index (κ1) is 21.4. The second-order valence-electron chi connectivity index (χ2n) is 8.43. The molecule has 1 aliphatic carbocycles. The van der Waals surface area contributed by atoms with Crippen molar-refractivity contribution in [2.24, 2.45) is 5.92 Å². The van der Waals surface area contributed by atoms with Crippen molar-refractivity contribution in [3.05, 3.63) is 59.7 Å². The Bertz CT molecular complexity index is 917. The summed E-state index contributed by atoms with van der Waals surface area (Å²) in [5.41, 5.74) is 2.26. The third-order valence-electron chi connectivity index (χ3n) is 6.17. The number of ether oxygens (including phenoxy) is 2. The average molecular weight is 423 g/mol. The van der Waals surface area contributed by atoms with Crippen LogP contribution in [0.25, 0.3) is 0 Å². The van der Waals surface area contributed by atoms with Gasteiger partial charge in [0.15, 0.2) is 0 Å². The number of anilines is 1. The molecule has 2 aliphatic rings. The fourth-order valence-corrected chi connectivity index (χ4v) is 4.06. The number of carbonyl (C=O) groups excluding carboxylic acids is 2. The maximum absolute atomic E-state index is 13.5. The van der Waals surface area contributed by atoms with E-state index >= 15 is 0 Å². The fraction of sp³-hybridized carbons (Fsp3) is 0.440. The highest BCUT2D eigenvalue weighted by atomic mass is 16.5. The normalized spacial score (nSPS) is 19.0. The number of nitrogens with zero attached hydrogens (tertiary/aromatic N) is 1. The number of rotatable bonds is 8. The maximum atomic E-state index is 13.5. The number of hydrogen-bond donors (Lipinski definition) is 1. The van der Waals surface area contributed by atoms with Gasteiger partial charge in [0.1, 0.15) is 11.9 Å². The summed E-state index contributed by atoms with van der Waals surface area (Å²) in [6.45, 7) is 3.28. The lowest BCUT2D eigenvalue weighted by molar-refractivity contribution is -0.124. The first-order valence-corrected chi connectivity index (χ1v) is 11.0. The van der Waals surface area contributed by atoms with Crippen LogP contribution in [-0.4, -0.2) is 42.6 Å². The van der Waals surface area contributed by atoms with Crippen molar-refractivity contribution in [3.63, 3.8) is 0 Å². The number of amides is 2. The summed E-state index contributed by atoms with van der Waals surface area (Å²) in [6.07, 6.45) is 3.55. The van der Waals surface area contributed by atoms with Crippen molar-refractivity contribution in [2.75, 3.05) is 19.0 Å². The largest absolute Gasteiger partial charge is 0.497 e. The summed E-state index contributed by atoms with van der Waals surface area (Å²) >= 11 is 0. The van der Waals surface area contributed by atoms with Gasteiger partial charge in [0.25, 0.3) is 11.8 Å². The predicted molar refractivity (Wildman–Crippen MR) is 119 cm³/mol. The molecule has 0 spiro atoms. The van der Waals surface area contributed by atoms with E-state index in [1.807, 2.05) is 47.4 Å². The summed E-state index contributed by atoms with van der Waals surface area (Å²) in [5, 5.41) is 2.90. The zero-order chi connectivity index (χ0) is 21.8. The van der Waals surface area contributed by atoms with Crippen LogP contribution >= 0.6 is 0 Å². The van der Waals surface area contributed by atoms with Crippen LogP contribution in [0.3, 0.4) is 0 Å². The molecule has 2 unspecified atom stereocenters. The van der Waals surface area contributed by atoms with Gasteiger partial charge in [-0.3, -0.25) is 9.59 Å². The number of benzene rings is 2. The molecule has 1 heterocycles. The highest BCUT2D eigenvalue weighted by Gasteiger charge is 2.34. The molecule has 2 atom stereocenters. The third-order valence-corrected chi connectivity index (χ3v) is 6.17. The van der Waals surface area contributed by atoms with Crippen molar-refractivity contribution in [1.82, 2.24) is 4.90 Å². The molecule has 6 heteroatoms. The van der Waals surface area contributed by atoms with Gasteiger partial charge in [0, 0.05) is 30.4 Å². The van der Waals surface area contributed by atoms with Gasteiger partial charge < -0.3 is 19.7 Å². The molecule has 0 aromatic heterocycles. The van der Waals surface area contributed by atoms with E-state index in [1.54, 1.807) is 13.2 Å². The van der Waals surface area contributed by atoms with Crippen molar-refractivity contribution in [3.8, 4) is 5.75 Å². The van der Waals surface area contributed by atoms with Crippen molar-refractivity contribution in [2.45, 2.75) is 51.3 Å². The van der Waals surface area contributed by atoms with E-state index in [1.165, 1.54) is 0 Å². The van der Waals surface area contributed by atoms with Gasteiger partial charge in [-0.25, -0.2) is 0 Å². The van der Waals surface area contributed by atoms with Crippen LogP contribution in [0.4, 0.5) is 5.69 Å². The molecule has 164 valence electrons. The first-order valence-electron chi connectivity index (χ1n) is 11.0. The molecule has 0 bridgehead atoms. The lowest BCUT2D eigenvalue weighted by Crippen LogP contribution is -2.39. The van der Waals surface area contributed by atoms with Crippen LogP contribution in [0.1, 0.15) is 48.5 Å². The third kappa shape index (κ3) is 5.25. The highest BCUT2D eigenvalue weighted by Crippen LogP contribution is 2.36. The second kappa shape index (κ2) is 9.52. The van der Waals surface area contributed by atoms with E-state index < -0.39 is 6.10 Å². The van der Waals surface area contributed by atoms with Gasteiger partial charge in [-0.05, 0) is 74.4 Å². The van der Waals surface area contributed by atoms with E-state index in [0.717, 1.165) is 37.0 Å². The second-order valence-corrected chi connectivity index (χ2v) is 8.43. The van der Waals surface area contributed by atoms with Crippen LogP contribution in [0.15, 0.2) is 48.5 Å². The zero-order valence-electron chi connectivity index (χ0n) is 18.2. The molecule has 1 saturated heterocycles. The molecule has 1 saturated carbocycles. The molecule has 2 aromatic rings. The Labute approximate surface area is 183 Å². The van der Waals surface area contributed by atoms with Gasteiger partial charge in [-0.15, -0.1) is 0 Å². The molecule has 4 rings (SSSR count). The van der Waals surface area contributed by atoms with Crippen LogP contribution in [0, 0.1) is 5.92 Å². The molecule has 2 amide bonds. The monoisotopic (exact) mass is 422 g/mol. The SMILES string of the molecule is COc1ccc(CN(C(=O)c2cccc(NC(=O)C3CCCO3)c2)C(C)C2CC2)cc1. The van der Waals surface area contributed by atoms with Crippen molar-refractivity contribution in [1.29, 1.82) is 0 Å². The van der Waals surface area contributed by atoms with Crippen LogP contribution < -0.4 is 10.1 Å². The van der Waals surface area contributed by atoms with E-state index in [0.29, 0.717) is 30.3 Å². The van der Waals surface area contributed by atoms with Crippen molar-refractivity contribution < 1.29 is 19.1 Å². The van der Waals surface area contributed by atoms with Crippen molar-refractivity contribution >= 4 is 17.5 Å². The molecule has 2 aromatic carbocycles. The van der Waals surface area contributed by atoms with Crippen LogP contribution in [0.5, 0.6) is 5.75 Å². The molecule has 0 radical (unpaired) electrons. The van der Waals surface area contributed by atoms with Crippen LogP contribution in [0.2, 0.25) is 0 Å². The molecule has 6 nitrogen and oxygen atoms in total. The minimum Gasteiger partial charge on any atom is -0.497 e. The predicted octanol–water partition coefficient (Wildman–Crippen LogP) is 4.25. The van der Waals surface area contributed by atoms with Gasteiger partial charge in [0.2, 0.25) is 0 Å². The van der Waals surface area contributed by atoms with E-state index in [-0.39, 0.29) is 17.9 Å². The molecule has 31 heavy (non-hydrogen) atoms. The molecule has 1 N–H and O–H groups in total. The number of nitrogens with one attached hydrogen (secondary N) is 1. The number of methoxy groups -OCH3 is 1. The standard InChI is InChI=1S/C25H30N2O4/c1-17(19-10-11-19)27(16-18-8-12-22(30-2)13-9-18)25(29)20-5-3-6-21(15-20)26-24(28)23-7-4-14-31-23/h3,5-6,8-9,12-13,15,17,19,23H,4,7,10-11,14,16H2,1-2H3,(H,26,28). The maximum Gasteiger partial charge on any atom is 0.254 e. The Morgan fingerprint density at radius 1 is 1.16 bits per heavy atom. The van der Waals surface area contributed by atoms with E-state index in [9.17, 15) is 9.59 Å². The average Bonchev–Trinajstić information content (AvgIpc) is 3.50. The topological polar surface area (TPSA) is 67.9 Å². The zero-order valence-corrected chi connectivity index (χ0v) is 18.2. The number of carbonyl (C=O) groups is 2. The number of hydrogen-bond acceptors (Lipinski definition) is 4. The Morgan fingerprint density at radius 3 is 2.58 bits per heavy atom. The van der Waals surface area contributed by atoms with Crippen LogP contribution in [-0.2, 0) is 16.1 Å². The summed E-state index contributed by atoms with van der Waals surface area (Å²) in [4.78, 5) is 27.8. The van der Waals surface area contributed by atoms with E-state index in [4.69, 9.17) is 9.47 Å². The minimum absolute atomic E-state index is 0.0246. The quantitative estimate of drug-likeness (QED) is 0.690. The summed E-state index contributed by atoms with van der Waals surface area (Å²) < 4.78 is 10.7. The Balaban J connectivity index is 1.51. The van der Waals surface area contributed by atoms with Gasteiger partial charge >= 0.3 is 0 Å². The lowest BCUT2D eigenvalue weighted by atomic mass is 10.1. The summed E-state index contributed by atoms with van der Waals surface area (Å²) in [5.74, 6) is 1.17. The highest BCUT2D eigenvalue weighted by molar-refractivity contribution is 5.98. The van der Waals surface area contributed by atoms with Gasteiger partial charge in [-0.1, -0.05) is 18.2 Å².